The number of hydrogen-bond acceptors (Lipinski definition) is 6. The van der Waals surface area contributed by atoms with Gasteiger partial charge in [-0.1, -0.05) is 36.4 Å². The van der Waals surface area contributed by atoms with E-state index < -0.39 is 17.7 Å². The number of carbonyl (C=O) groups excluding carboxylic acids is 2. The van der Waals surface area contributed by atoms with Crippen LogP contribution in [0.1, 0.15) is 28.1 Å². The summed E-state index contributed by atoms with van der Waals surface area (Å²) in [7, 11) is 3.90. The summed E-state index contributed by atoms with van der Waals surface area (Å²) >= 11 is 1.61. The number of benzene rings is 1. The number of hydrogen-bond donors (Lipinski definition) is 1. The summed E-state index contributed by atoms with van der Waals surface area (Å²) in [5.74, 6) is -1.45. The topological polar surface area (TPSA) is 73.7 Å². The van der Waals surface area contributed by atoms with E-state index in [1.165, 1.54) is 0 Å². The first-order valence-corrected chi connectivity index (χ1v) is 10.8. The number of pyridine rings is 1. The summed E-state index contributed by atoms with van der Waals surface area (Å²) in [5.41, 5.74) is 1.34. The molecule has 1 fully saturated rings. The zero-order chi connectivity index (χ0) is 22.0. The highest BCUT2D eigenvalue weighted by atomic mass is 32.1. The molecule has 1 saturated heterocycles. The Hall–Kier alpha value is -3.29. The highest BCUT2D eigenvalue weighted by Gasteiger charge is 2.47. The van der Waals surface area contributed by atoms with E-state index >= 15 is 0 Å². The minimum atomic E-state index is -0.689. The molecule has 2 aromatic heterocycles. The molecule has 7 heteroatoms. The van der Waals surface area contributed by atoms with E-state index in [0.717, 1.165) is 10.4 Å². The molecule has 31 heavy (non-hydrogen) atoms. The van der Waals surface area contributed by atoms with Crippen molar-refractivity contribution in [1.82, 2.24) is 14.8 Å². The second kappa shape index (κ2) is 8.83. The fraction of sp³-hybridized carbons (Fsp3) is 0.208. The predicted octanol–water partition coefficient (Wildman–Crippen LogP) is 3.87. The maximum atomic E-state index is 13.2. The van der Waals surface area contributed by atoms with E-state index in [2.05, 4.69) is 4.98 Å². The van der Waals surface area contributed by atoms with Crippen LogP contribution in [-0.4, -0.2) is 52.2 Å². The summed E-state index contributed by atoms with van der Waals surface area (Å²) < 4.78 is 0. The van der Waals surface area contributed by atoms with Crippen LogP contribution in [0.2, 0.25) is 0 Å². The van der Waals surface area contributed by atoms with Gasteiger partial charge in [-0.15, -0.1) is 11.3 Å². The van der Waals surface area contributed by atoms with Gasteiger partial charge in [0.25, 0.3) is 11.7 Å². The molecule has 0 spiro atoms. The SMILES string of the molecule is CN(C)[C@H](CN1C(=O)C(=O)/C(=C(/O)c2ccccc2)[C@H]1c1ccncc1)c1cccs1. The molecule has 0 saturated carbocycles. The van der Waals surface area contributed by atoms with E-state index in [9.17, 15) is 14.7 Å². The predicted molar refractivity (Wildman–Crippen MR) is 120 cm³/mol. The van der Waals surface area contributed by atoms with Crippen molar-refractivity contribution in [2.75, 3.05) is 20.6 Å². The van der Waals surface area contributed by atoms with Gasteiger partial charge in [-0.25, -0.2) is 0 Å². The zero-order valence-corrected chi connectivity index (χ0v) is 18.1. The molecule has 0 radical (unpaired) electrons. The van der Waals surface area contributed by atoms with Crippen molar-refractivity contribution in [1.29, 1.82) is 0 Å². The lowest BCUT2D eigenvalue weighted by Crippen LogP contribution is -2.37. The van der Waals surface area contributed by atoms with E-state index in [1.807, 2.05) is 42.6 Å². The Kier molecular flexibility index (Phi) is 5.97. The lowest BCUT2D eigenvalue weighted by molar-refractivity contribution is -0.140. The quantitative estimate of drug-likeness (QED) is 0.363. The van der Waals surface area contributed by atoms with Gasteiger partial charge in [0, 0.05) is 29.4 Å². The van der Waals surface area contributed by atoms with Crippen molar-refractivity contribution < 1.29 is 14.7 Å². The second-order valence-electron chi connectivity index (χ2n) is 7.59. The van der Waals surface area contributed by atoms with Crippen LogP contribution in [0.25, 0.3) is 5.76 Å². The van der Waals surface area contributed by atoms with E-state index in [4.69, 9.17) is 0 Å². The highest BCUT2D eigenvalue weighted by molar-refractivity contribution is 7.10. The van der Waals surface area contributed by atoms with Gasteiger partial charge < -0.3 is 14.9 Å². The first kappa shape index (κ1) is 21.0. The number of Topliss-reactive ketones (excluding diaryl/α,β-unsaturated/α-hetero) is 1. The molecule has 1 aliphatic rings. The van der Waals surface area contributed by atoms with Gasteiger partial charge >= 0.3 is 0 Å². The van der Waals surface area contributed by atoms with Gasteiger partial charge in [-0.2, -0.15) is 0 Å². The molecule has 3 aromatic rings. The van der Waals surface area contributed by atoms with Crippen LogP contribution in [-0.2, 0) is 9.59 Å². The van der Waals surface area contributed by atoms with Crippen LogP contribution in [0.5, 0.6) is 0 Å². The van der Waals surface area contributed by atoms with E-state index in [0.29, 0.717) is 12.1 Å². The third kappa shape index (κ3) is 4.02. The normalized spacial score (nSPS) is 19.2. The fourth-order valence-corrected chi connectivity index (χ4v) is 4.80. The molecule has 2 atom stereocenters. The van der Waals surface area contributed by atoms with Crippen molar-refractivity contribution in [3.8, 4) is 0 Å². The molecule has 1 aliphatic heterocycles. The van der Waals surface area contributed by atoms with Crippen molar-refractivity contribution in [2.45, 2.75) is 12.1 Å². The van der Waals surface area contributed by atoms with Gasteiger partial charge in [0.2, 0.25) is 0 Å². The third-order valence-corrected chi connectivity index (χ3v) is 6.45. The minimum Gasteiger partial charge on any atom is -0.507 e. The number of rotatable bonds is 6. The number of aliphatic hydroxyl groups is 1. The molecule has 1 amide bonds. The van der Waals surface area contributed by atoms with Crippen LogP contribution in [0.3, 0.4) is 0 Å². The average molecular weight is 434 g/mol. The molecular weight excluding hydrogens is 410 g/mol. The molecule has 0 unspecified atom stereocenters. The second-order valence-corrected chi connectivity index (χ2v) is 8.57. The molecule has 6 nitrogen and oxygen atoms in total. The van der Waals surface area contributed by atoms with Crippen molar-refractivity contribution >= 4 is 28.8 Å². The molecule has 0 bridgehead atoms. The van der Waals surface area contributed by atoms with Crippen LogP contribution < -0.4 is 0 Å². The summed E-state index contributed by atoms with van der Waals surface area (Å²) in [5, 5.41) is 13.0. The summed E-state index contributed by atoms with van der Waals surface area (Å²) in [6, 6.07) is 15.6. The zero-order valence-electron chi connectivity index (χ0n) is 17.3. The molecular formula is C24H23N3O3S. The van der Waals surface area contributed by atoms with Crippen LogP contribution in [0.15, 0.2) is 77.9 Å². The number of likely N-dealkylation sites (N-methyl/N-ethyl adjacent to an activating group) is 1. The summed E-state index contributed by atoms with van der Waals surface area (Å²) in [6.45, 7) is 0.316. The number of amides is 1. The Morgan fingerprint density at radius 3 is 2.42 bits per heavy atom. The molecule has 0 aliphatic carbocycles. The molecule has 1 N–H and O–H groups in total. The van der Waals surface area contributed by atoms with Crippen LogP contribution in [0, 0.1) is 0 Å². The third-order valence-electron chi connectivity index (χ3n) is 5.47. The summed E-state index contributed by atoms with van der Waals surface area (Å²) in [4.78, 5) is 35.0. The van der Waals surface area contributed by atoms with E-state index in [1.54, 1.807) is 65.0 Å². The Balaban J connectivity index is 1.83. The number of likely N-dealkylation sites (tertiary alicyclic amines) is 1. The average Bonchev–Trinajstić information content (AvgIpc) is 3.40. The largest absolute Gasteiger partial charge is 0.507 e. The van der Waals surface area contributed by atoms with Gasteiger partial charge in [0.15, 0.2) is 0 Å². The Morgan fingerprint density at radius 2 is 1.81 bits per heavy atom. The van der Waals surface area contributed by atoms with Gasteiger partial charge in [-0.3, -0.25) is 14.6 Å². The monoisotopic (exact) mass is 433 g/mol. The van der Waals surface area contributed by atoms with Crippen molar-refractivity contribution in [3.63, 3.8) is 0 Å². The summed E-state index contributed by atoms with van der Waals surface area (Å²) in [6.07, 6.45) is 3.25. The van der Waals surface area contributed by atoms with Gasteiger partial charge in [0.05, 0.1) is 17.7 Å². The highest BCUT2D eigenvalue weighted by Crippen LogP contribution is 2.40. The number of ketones is 1. The number of aliphatic hydroxyl groups excluding tert-OH is 1. The Bertz CT molecular complexity index is 1100. The number of nitrogens with zero attached hydrogens (tertiary/aromatic N) is 3. The Morgan fingerprint density at radius 1 is 1.10 bits per heavy atom. The fourth-order valence-electron chi connectivity index (χ4n) is 3.89. The number of carbonyl (C=O) groups is 2. The smallest absolute Gasteiger partial charge is 0.295 e. The number of aromatic nitrogens is 1. The molecule has 4 rings (SSSR count). The van der Waals surface area contributed by atoms with Crippen LogP contribution >= 0.6 is 11.3 Å². The van der Waals surface area contributed by atoms with E-state index in [-0.39, 0.29) is 17.4 Å². The van der Waals surface area contributed by atoms with Crippen molar-refractivity contribution in [3.05, 3.63) is 93.9 Å². The lowest BCUT2D eigenvalue weighted by atomic mass is 9.96. The van der Waals surface area contributed by atoms with Crippen molar-refractivity contribution in [2.24, 2.45) is 0 Å². The van der Waals surface area contributed by atoms with Crippen LogP contribution in [0.4, 0.5) is 0 Å². The first-order chi connectivity index (χ1) is 15.0. The molecule has 3 heterocycles. The van der Waals surface area contributed by atoms with Gasteiger partial charge in [0.1, 0.15) is 5.76 Å². The maximum Gasteiger partial charge on any atom is 0.295 e. The maximum absolute atomic E-state index is 13.2. The van der Waals surface area contributed by atoms with Gasteiger partial charge in [-0.05, 0) is 43.2 Å². The molecule has 158 valence electrons. The Labute approximate surface area is 185 Å². The minimum absolute atomic E-state index is 0.0840. The molecule has 1 aromatic carbocycles. The standard InChI is InChI=1S/C24H23N3O3S/c1-26(2)18(19-9-6-14-31-19)15-27-21(16-10-12-25-13-11-16)20(23(29)24(27)30)22(28)17-7-4-3-5-8-17/h3-14,18,21,28H,15H2,1-2H3/b22-20+/t18-,21-/m1/s1. The first-order valence-electron chi connectivity index (χ1n) is 9.92. The lowest BCUT2D eigenvalue weighted by Gasteiger charge is -2.32. The number of thiophene rings is 1.